The van der Waals surface area contributed by atoms with Crippen molar-refractivity contribution in [2.24, 2.45) is 0 Å². The molecule has 0 saturated heterocycles. The third-order valence-electron chi connectivity index (χ3n) is 3.41. The van der Waals surface area contributed by atoms with Crippen LogP contribution in [0.15, 0.2) is 36.8 Å². The first kappa shape index (κ1) is 13.5. The molecule has 108 valence electrons. The Hall–Kier alpha value is -2.50. The number of hydrogen-bond donors (Lipinski definition) is 1. The highest BCUT2D eigenvalue weighted by atomic mass is 19.1. The molecule has 5 nitrogen and oxygen atoms in total. The van der Waals surface area contributed by atoms with Crippen LogP contribution in [-0.4, -0.2) is 25.8 Å². The van der Waals surface area contributed by atoms with Crippen molar-refractivity contribution in [1.29, 1.82) is 0 Å². The molecule has 0 saturated carbocycles. The summed E-state index contributed by atoms with van der Waals surface area (Å²) < 4.78 is 15.0. The van der Waals surface area contributed by atoms with Crippen molar-refractivity contribution in [3.8, 4) is 5.69 Å². The molecule has 0 bridgehead atoms. The molecule has 0 spiro atoms. The van der Waals surface area contributed by atoms with Gasteiger partial charge in [-0.2, -0.15) is 5.10 Å². The maximum atomic E-state index is 13.4. The molecular formula is C15H16FN5. The van der Waals surface area contributed by atoms with Gasteiger partial charge in [-0.25, -0.2) is 19.0 Å². The zero-order chi connectivity index (χ0) is 14.8. The van der Waals surface area contributed by atoms with Crippen LogP contribution in [0.1, 0.15) is 20.3 Å². The smallest absolute Gasteiger partial charge is 0.168 e. The first-order chi connectivity index (χ1) is 10.2. The standard InChI is InChI=1S/C15H16FN5/c1-3-10(2)20-14-13-8-19-21(15(13)18-9-17-14)12-6-4-5-11(16)7-12/h4-10H,3H2,1-2H3,(H,17,18,20). The first-order valence-electron chi connectivity index (χ1n) is 6.90. The van der Waals surface area contributed by atoms with E-state index in [1.807, 2.05) is 0 Å². The van der Waals surface area contributed by atoms with Crippen LogP contribution < -0.4 is 5.32 Å². The second-order valence-corrected chi connectivity index (χ2v) is 4.95. The Morgan fingerprint density at radius 2 is 2.19 bits per heavy atom. The topological polar surface area (TPSA) is 55.6 Å². The first-order valence-corrected chi connectivity index (χ1v) is 6.90. The molecule has 0 aliphatic rings. The summed E-state index contributed by atoms with van der Waals surface area (Å²) in [7, 11) is 0. The van der Waals surface area contributed by atoms with Gasteiger partial charge in [0.05, 0.1) is 17.3 Å². The summed E-state index contributed by atoms with van der Waals surface area (Å²) in [5, 5.41) is 8.46. The second-order valence-electron chi connectivity index (χ2n) is 4.95. The van der Waals surface area contributed by atoms with E-state index in [0.29, 0.717) is 17.4 Å². The van der Waals surface area contributed by atoms with E-state index in [9.17, 15) is 4.39 Å². The Bertz CT molecular complexity index is 768. The molecule has 0 amide bonds. The second kappa shape index (κ2) is 5.47. The Morgan fingerprint density at radius 3 is 2.95 bits per heavy atom. The van der Waals surface area contributed by atoms with Gasteiger partial charge in [-0.15, -0.1) is 0 Å². The van der Waals surface area contributed by atoms with Gasteiger partial charge >= 0.3 is 0 Å². The number of anilines is 1. The van der Waals surface area contributed by atoms with Crippen LogP contribution in [0.5, 0.6) is 0 Å². The van der Waals surface area contributed by atoms with Crippen LogP contribution in [0.25, 0.3) is 16.7 Å². The molecule has 2 heterocycles. The number of aromatic nitrogens is 4. The lowest BCUT2D eigenvalue weighted by Gasteiger charge is -2.12. The molecule has 3 rings (SSSR count). The Balaban J connectivity index is 2.09. The number of rotatable bonds is 4. The van der Waals surface area contributed by atoms with Gasteiger partial charge in [-0.05, 0) is 31.5 Å². The van der Waals surface area contributed by atoms with E-state index in [0.717, 1.165) is 17.6 Å². The highest BCUT2D eigenvalue weighted by Crippen LogP contribution is 2.22. The number of halogens is 1. The van der Waals surface area contributed by atoms with Crippen molar-refractivity contribution in [2.45, 2.75) is 26.3 Å². The van der Waals surface area contributed by atoms with Gasteiger partial charge in [0.25, 0.3) is 0 Å². The van der Waals surface area contributed by atoms with Crippen molar-refractivity contribution >= 4 is 16.9 Å². The maximum Gasteiger partial charge on any atom is 0.168 e. The van der Waals surface area contributed by atoms with Gasteiger partial charge in [0.15, 0.2) is 5.65 Å². The van der Waals surface area contributed by atoms with Crippen LogP contribution in [0, 0.1) is 5.82 Å². The van der Waals surface area contributed by atoms with E-state index < -0.39 is 0 Å². The molecule has 6 heteroatoms. The van der Waals surface area contributed by atoms with Gasteiger partial charge in [0, 0.05) is 6.04 Å². The minimum absolute atomic E-state index is 0.303. The highest BCUT2D eigenvalue weighted by molar-refractivity contribution is 5.87. The summed E-state index contributed by atoms with van der Waals surface area (Å²) in [6, 6.07) is 6.58. The monoisotopic (exact) mass is 285 g/mol. The van der Waals surface area contributed by atoms with Gasteiger partial charge < -0.3 is 5.32 Å². The summed E-state index contributed by atoms with van der Waals surface area (Å²) in [6.07, 6.45) is 4.18. The fourth-order valence-electron chi connectivity index (χ4n) is 2.09. The van der Waals surface area contributed by atoms with Crippen LogP contribution >= 0.6 is 0 Å². The Kier molecular flexibility index (Phi) is 3.51. The number of hydrogen-bond acceptors (Lipinski definition) is 4. The maximum absolute atomic E-state index is 13.4. The molecule has 21 heavy (non-hydrogen) atoms. The molecule has 0 aliphatic heterocycles. The molecule has 1 N–H and O–H groups in total. The van der Waals surface area contributed by atoms with Crippen molar-refractivity contribution in [1.82, 2.24) is 19.7 Å². The van der Waals surface area contributed by atoms with Crippen LogP contribution in [0.4, 0.5) is 10.2 Å². The summed E-state index contributed by atoms with van der Waals surface area (Å²) in [5.41, 5.74) is 1.29. The SMILES string of the molecule is CCC(C)Nc1ncnc2c1cnn2-c1cccc(F)c1. The van der Waals surface area contributed by atoms with Gasteiger partial charge in [0.2, 0.25) is 0 Å². The number of fused-ring (bicyclic) bond motifs is 1. The van der Waals surface area contributed by atoms with Crippen molar-refractivity contribution in [2.75, 3.05) is 5.32 Å². The highest BCUT2D eigenvalue weighted by Gasteiger charge is 2.12. The molecule has 0 aliphatic carbocycles. The molecular weight excluding hydrogens is 269 g/mol. The number of benzene rings is 1. The largest absolute Gasteiger partial charge is 0.367 e. The van der Waals surface area contributed by atoms with Gasteiger partial charge in [-0.1, -0.05) is 13.0 Å². The Morgan fingerprint density at radius 1 is 1.33 bits per heavy atom. The normalized spacial score (nSPS) is 12.5. The minimum atomic E-state index is -0.303. The predicted octanol–water partition coefficient (Wildman–Crippen LogP) is 3.17. The van der Waals surface area contributed by atoms with E-state index in [4.69, 9.17) is 0 Å². The zero-order valence-corrected chi connectivity index (χ0v) is 11.9. The van der Waals surface area contributed by atoms with Crippen LogP contribution in [0.2, 0.25) is 0 Å². The van der Waals surface area contributed by atoms with E-state index >= 15 is 0 Å². The third-order valence-corrected chi connectivity index (χ3v) is 3.41. The lowest BCUT2D eigenvalue weighted by molar-refractivity contribution is 0.625. The molecule has 3 aromatic rings. The number of nitrogens with zero attached hydrogens (tertiary/aromatic N) is 4. The van der Waals surface area contributed by atoms with Crippen molar-refractivity contribution in [3.05, 3.63) is 42.6 Å². The molecule has 0 fully saturated rings. The van der Waals surface area contributed by atoms with Crippen LogP contribution in [-0.2, 0) is 0 Å². The molecule has 1 unspecified atom stereocenters. The average molecular weight is 285 g/mol. The van der Waals surface area contributed by atoms with E-state index in [1.54, 1.807) is 23.0 Å². The summed E-state index contributed by atoms with van der Waals surface area (Å²) in [4.78, 5) is 8.54. The summed E-state index contributed by atoms with van der Waals surface area (Å²) in [5.74, 6) is 0.445. The summed E-state index contributed by atoms with van der Waals surface area (Å²) in [6.45, 7) is 4.19. The molecule has 1 aromatic carbocycles. The summed E-state index contributed by atoms with van der Waals surface area (Å²) >= 11 is 0. The fraction of sp³-hybridized carbons (Fsp3) is 0.267. The Labute approximate surface area is 121 Å². The number of nitrogens with one attached hydrogen (secondary N) is 1. The van der Waals surface area contributed by atoms with Gasteiger partial charge in [0.1, 0.15) is 18.0 Å². The third kappa shape index (κ3) is 2.56. The van der Waals surface area contributed by atoms with E-state index in [-0.39, 0.29) is 5.82 Å². The lowest BCUT2D eigenvalue weighted by Crippen LogP contribution is -2.14. The average Bonchev–Trinajstić information content (AvgIpc) is 2.92. The predicted molar refractivity (Wildman–Crippen MR) is 80.0 cm³/mol. The quantitative estimate of drug-likeness (QED) is 0.800. The lowest BCUT2D eigenvalue weighted by atomic mass is 10.2. The van der Waals surface area contributed by atoms with Crippen molar-refractivity contribution in [3.63, 3.8) is 0 Å². The van der Waals surface area contributed by atoms with Crippen LogP contribution in [0.3, 0.4) is 0 Å². The van der Waals surface area contributed by atoms with E-state index in [1.165, 1.54) is 18.5 Å². The zero-order valence-electron chi connectivity index (χ0n) is 11.9. The minimum Gasteiger partial charge on any atom is -0.367 e. The fourth-order valence-corrected chi connectivity index (χ4v) is 2.09. The molecule has 0 radical (unpaired) electrons. The van der Waals surface area contributed by atoms with Crippen molar-refractivity contribution < 1.29 is 4.39 Å². The van der Waals surface area contributed by atoms with Gasteiger partial charge in [-0.3, -0.25) is 0 Å². The molecule has 1 atom stereocenters. The molecule has 2 aromatic heterocycles. The van der Waals surface area contributed by atoms with E-state index in [2.05, 4.69) is 34.2 Å².